The van der Waals surface area contributed by atoms with Gasteiger partial charge in [-0.05, 0) is 36.2 Å². The van der Waals surface area contributed by atoms with Crippen molar-refractivity contribution in [2.24, 2.45) is 5.73 Å². The number of benzene rings is 2. The highest BCUT2D eigenvalue weighted by molar-refractivity contribution is 5.97. The van der Waals surface area contributed by atoms with Crippen LogP contribution < -0.4 is 21.3 Å². The molecule has 1 aliphatic rings. The van der Waals surface area contributed by atoms with E-state index in [1.807, 2.05) is 47.4 Å². The van der Waals surface area contributed by atoms with E-state index in [-0.39, 0.29) is 11.5 Å². The second kappa shape index (κ2) is 10.7. The fourth-order valence-electron chi connectivity index (χ4n) is 3.89. The summed E-state index contributed by atoms with van der Waals surface area (Å²) in [7, 11) is 0. The molecule has 9 nitrogen and oxygen atoms in total. The van der Waals surface area contributed by atoms with Gasteiger partial charge in [0.25, 0.3) is 5.91 Å². The summed E-state index contributed by atoms with van der Waals surface area (Å²) >= 11 is 0. The minimum absolute atomic E-state index is 0.121. The lowest BCUT2D eigenvalue weighted by atomic mass is 10.1. The second-order valence-electron chi connectivity index (χ2n) is 8.15. The maximum Gasteiger partial charge on any atom is 0.254 e. The fourth-order valence-corrected chi connectivity index (χ4v) is 3.89. The molecule has 34 heavy (non-hydrogen) atoms. The van der Waals surface area contributed by atoms with Crippen LogP contribution >= 0.6 is 0 Å². The van der Waals surface area contributed by atoms with E-state index in [0.29, 0.717) is 18.3 Å². The number of hydrogen-bond acceptors (Lipinski definition) is 7. The molecule has 1 aromatic heterocycles. The number of nitrogens with one attached hydrogen (secondary N) is 2. The van der Waals surface area contributed by atoms with Crippen molar-refractivity contribution in [3.8, 4) is 0 Å². The van der Waals surface area contributed by atoms with Gasteiger partial charge in [0.1, 0.15) is 5.82 Å². The molecule has 2 heterocycles. The van der Waals surface area contributed by atoms with Crippen LogP contribution in [-0.2, 0) is 11.2 Å². The lowest BCUT2D eigenvalue weighted by Gasteiger charge is -2.35. The third-order valence-electron chi connectivity index (χ3n) is 5.82. The number of anilines is 4. The zero-order valence-corrected chi connectivity index (χ0v) is 19.2. The van der Waals surface area contributed by atoms with Gasteiger partial charge < -0.3 is 26.2 Å². The highest BCUT2D eigenvalue weighted by Crippen LogP contribution is 2.22. The van der Waals surface area contributed by atoms with Crippen molar-refractivity contribution in [3.05, 3.63) is 71.9 Å². The molecule has 4 N–H and O–H groups in total. The van der Waals surface area contributed by atoms with Crippen molar-refractivity contribution >= 4 is 35.0 Å². The maximum absolute atomic E-state index is 11.8. The molecule has 0 aliphatic carbocycles. The summed E-state index contributed by atoms with van der Waals surface area (Å²) in [6, 6.07) is 18.0. The summed E-state index contributed by atoms with van der Waals surface area (Å²) in [5.41, 5.74) is 8.87. The average Bonchev–Trinajstić information content (AvgIpc) is 2.85. The monoisotopic (exact) mass is 459 g/mol. The Kier molecular flexibility index (Phi) is 7.22. The van der Waals surface area contributed by atoms with Crippen LogP contribution in [-0.4, -0.2) is 59.4 Å². The van der Waals surface area contributed by atoms with Crippen LogP contribution in [0.2, 0.25) is 0 Å². The Bertz CT molecular complexity index is 1130. The summed E-state index contributed by atoms with van der Waals surface area (Å²) in [6.45, 7) is 5.29. The normalized spacial score (nSPS) is 13.4. The molecular formula is C25H29N7O2. The van der Waals surface area contributed by atoms with Gasteiger partial charge in [0.2, 0.25) is 11.9 Å². The molecule has 176 valence electrons. The fraction of sp³-hybridized carbons (Fsp3) is 0.280. The Morgan fingerprint density at radius 1 is 1.00 bits per heavy atom. The first-order valence-electron chi connectivity index (χ1n) is 11.3. The van der Waals surface area contributed by atoms with E-state index in [4.69, 9.17) is 5.73 Å². The molecule has 1 saturated heterocycles. The van der Waals surface area contributed by atoms with Crippen LogP contribution in [0.5, 0.6) is 0 Å². The Morgan fingerprint density at radius 2 is 1.71 bits per heavy atom. The summed E-state index contributed by atoms with van der Waals surface area (Å²) in [5, 5.41) is 6.39. The first kappa shape index (κ1) is 23.0. The predicted octanol–water partition coefficient (Wildman–Crippen LogP) is 2.64. The van der Waals surface area contributed by atoms with Gasteiger partial charge in [0, 0.05) is 57.2 Å². The molecular weight excluding hydrogens is 430 g/mol. The van der Waals surface area contributed by atoms with E-state index in [1.165, 1.54) is 11.8 Å². The largest absolute Gasteiger partial charge is 0.369 e. The van der Waals surface area contributed by atoms with E-state index in [2.05, 4.69) is 37.6 Å². The topological polar surface area (TPSA) is 116 Å². The smallest absolute Gasteiger partial charge is 0.254 e. The number of primary amides is 1. The Morgan fingerprint density at radius 3 is 2.35 bits per heavy atom. The van der Waals surface area contributed by atoms with Crippen LogP contribution in [0.1, 0.15) is 22.8 Å². The van der Waals surface area contributed by atoms with E-state index < -0.39 is 5.91 Å². The molecule has 0 saturated carbocycles. The third-order valence-corrected chi connectivity index (χ3v) is 5.82. The van der Waals surface area contributed by atoms with Crippen LogP contribution in [0.4, 0.5) is 23.1 Å². The first-order chi connectivity index (χ1) is 16.5. The van der Waals surface area contributed by atoms with Crippen LogP contribution in [0.3, 0.4) is 0 Å². The van der Waals surface area contributed by atoms with Crippen LogP contribution in [0, 0.1) is 0 Å². The number of carbonyl (C=O) groups excluding carboxylic acids is 2. The summed E-state index contributed by atoms with van der Waals surface area (Å²) in [5.74, 6) is 0.314. The number of amides is 2. The summed E-state index contributed by atoms with van der Waals surface area (Å²) in [4.78, 5) is 36.2. The highest BCUT2D eigenvalue weighted by atomic mass is 16.2. The quantitative estimate of drug-likeness (QED) is 0.474. The third kappa shape index (κ3) is 5.80. The van der Waals surface area contributed by atoms with Crippen LogP contribution in [0.25, 0.3) is 0 Å². The van der Waals surface area contributed by atoms with E-state index in [9.17, 15) is 9.59 Å². The molecule has 0 atom stereocenters. The van der Waals surface area contributed by atoms with E-state index in [1.54, 1.807) is 6.92 Å². The van der Waals surface area contributed by atoms with E-state index in [0.717, 1.165) is 44.0 Å². The lowest BCUT2D eigenvalue weighted by Crippen LogP contribution is -2.48. The molecule has 3 aromatic rings. The van der Waals surface area contributed by atoms with Crippen molar-refractivity contribution in [2.45, 2.75) is 13.3 Å². The average molecular weight is 460 g/mol. The minimum Gasteiger partial charge on any atom is -0.369 e. The summed E-state index contributed by atoms with van der Waals surface area (Å²) < 4.78 is 0. The molecule has 4 rings (SSSR count). The predicted molar refractivity (Wildman–Crippen MR) is 133 cm³/mol. The number of rotatable bonds is 8. The SMILES string of the molecule is CC(=O)N1CCN(c2ccc(Nc3ncc(C(N)=O)c(NCCc4ccccc4)n3)cc2)CC1. The van der Waals surface area contributed by atoms with Gasteiger partial charge in [0.15, 0.2) is 0 Å². The van der Waals surface area contributed by atoms with Crippen molar-refractivity contribution < 1.29 is 9.59 Å². The van der Waals surface area contributed by atoms with Crippen LogP contribution in [0.15, 0.2) is 60.8 Å². The van der Waals surface area contributed by atoms with Gasteiger partial charge in [-0.15, -0.1) is 0 Å². The molecule has 2 aromatic carbocycles. The minimum atomic E-state index is -0.581. The zero-order valence-electron chi connectivity index (χ0n) is 19.2. The van der Waals surface area contributed by atoms with Gasteiger partial charge in [-0.1, -0.05) is 30.3 Å². The van der Waals surface area contributed by atoms with Crippen molar-refractivity contribution in [2.75, 3.05) is 48.3 Å². The van der Waals surface area contributed by atoms with Crippen molar-refractivity contribution in [3.63, 3.8) is 0 Å². The molecule has 0 unspecified atom stereocenters. The Balaban J connectivity index is 1.39. The maximum atomic E-state index is 11.8. The molecule has 9 heteroatoms. The number of carbonyl (C=O) groups is 2. The van der Waals surface area contributed by atoms with Crippen molar-refractivity contribution in [1.29, 1.82) is 0 Å². The number of nitrogens with zero attached hydrogens (tertiary/aromatic N) is 4. The Hall–Kier alpha value is -4.14. The zero-order chi connectivity index (χ0) is 23.9. The number of nitrogens with two attached hydrogens (primary N) is 1. The van der Waals surface area contributed by atoms with Crippen molar-refractivity contribution in [1.82, 2.24) is 14.9 Å². The molecule has 0 spiro atoms. The Labute approximate surface area is 199 Å². The van der Waals surface area contributed by atoms with Gasteiger partial charge >= 0.3 is 0 Å². The summed E-state index contributed by atoms with van der Waals surface area (Å²) in [6.07, 6.45) is 2.22. The molecule has 0 bridgehead atoms. The second-order valence-corrected chi connectivity index (χ2v) is 8.15. The number of hydrogen-bond donors (Lipinski definition) is 3. The first-order valence-corrected chi connectivity index (χ1v) is 11.3. The van der Waals surface area contributed by atoms with E-state index >= 15 is 0 Å². The molecule has 1 aliphatic heterocycles. The van der Waals surface area contributed by atoms with Gasteiger partial charge in [-0.2, -0.15) is 4.98 Å². The number of aromatic nitrogens is 2. The molecule has 2 amide bonds. The van der Waals surface area contributed by atoms with Gasteiger partial charge in [-0.25, -0.2) is 4.98 Å². The van der Waals surface area contributed by atoms with Gasteiger partial charge in [-0.3, -0.25) is 9.59 Å². The highest BCUT2D eigenvalue weighted by Gasteiger charge is 2.18. The standard InChI is InChI=1S/C25H29N7O2/c1-18(33)31-13-15-32(16-14-31)21-9-7-20(8-10-21)29-25-28-17-22(23(26)34)24(30-25)27-12-11-19-5-3-2-4-6-19/h2-10,17H,11-16H2,1H3,(H2,26,34)(H2,27,28,29,30). The molecule has 0 radical (unpaired) electrons. The lowest BCUT2D eigenvalue weighted by molar-refractivity contribution is -0.129. The number of piperazine rings is 1. The molecule has 1 fully saturated rings. The van der Waals surface area contributed by atoms with Gasteiger partial charge in [0.05, 0.1) is 5.56 Å².